The zero-order valence-electron chi connectivity index (χ0n) is 14.1. The van der Waals surface area contributed by atoms with Gasteiger partial charge in [0.1, 0.15) is 12.3 Å². The maximum absolute atomic E-state index is 5.54. The molecule has 0 spiro atoms. The Hall–Kier alpha value is -2.57. The van der Waals surface area contributed by atoms with E-state index in [0.29, 0.717) is 18.3 Å². The van der Waals surface area contributed by atoms with Crippen LogP contribution in [0.4, 0.5) is 0 Å². The van der Waals surface area contributed by atoms with Crippen molar-refractivity contribution in [3.05, 3.63) is 41.0 Å². The summed E-state index contributed by atoms with van der Waals surface area (Å²) in [6.07, 6.45) is 1.93. The van der Waals surface area contributed by atoms with E-state index >= 15 is 0 Å². The first kappa shape index (κ1) is 16.3. The van der Waals surface area contributed by atoms with E-state index in [1.165, 1.54) is 11.1 Å². The van der Waals surface area contributed by atoms with E-state index in [0.717, 1.165) is 44.2 Å². The molecule has 3 rings (SSSR count). The van der Waals surface area contributed by atoms with E-state index in [1.54, 1.807) is 6.92 Å². The molecule has 0 radical (unpaired) electrons. The summed E-state index contributed by atoms with van der Waals surface area (Å²) in [5, 5.41) is 10.3. The van der Waals surface area contributed by atoms with Gasteiger partial charge in [-0.15, -0.1) is 0 Å². The molecule has 0 saturated heterocycles. The summed E-state index contributed by atoms with van der Waals surface area (Å²) in [6.45, 7) is 6.59. The number of aromatic nitrogens is 2. The first-order chi connectivity index (χ1) is 11.7. The lowest BCUT2D eigenvalue weighted by molar-refractivity contribution is 0.357. The Morgan fingerprint density at radius 2 is 2.25 bits per heavy atom. The van der Waals surface area contributed by atoms with Crippen LogP contribution in [-0.2, 0) is 19.4 Å². The highest BCUT2D eigenvalue weighted by molar-refractivity contribution is 5.79. The lowest BCUT2D eigenvalue weighted by atomic mass is 10.1. The molecule has 0 unspecified atom stereocenters. The van der Waals surface area contributed by atoms with Crippen molar-refractivity contribution in [2.24, 2.45) is 4.99 Å². The summed E-state index contributed by atoms with van der Waals surface area (Å²) in [4.78, 5) is 8.62. The molecule has 7 heteroatoms. The molecule has 0 fully saturated rings. The summed E-state index contributed by atoms with van der Waals surface area (Å²) >= 11 is 0. The molecule has 1 aromatic heterocycles. The number of nitrogens with zero attached hydrogens (tertiary/aromatic N) is 3. The van der Waals surface area contributed by atoms with Gasteiger partial charge < -0.3 is 19.9 Å². The van der Waals surface area contributed by atoms with Crippen LogP contribution in [0.2, 0.25) is 0 Å². The van der Waals surface area contributed by atoms with E-state index < -0.39 is 0 Å². The number of aryl methyl sites for hydroxylation is 1. The van der Waals surface area contributed by atoms with Crippen molar-refractivity contribution in [1.29, 1.82) is 0 Å². The van der Waals surface area contributed by atoms with Gasteiger partial charge in [0.15, 0.2) is 11.8 Å². The summed E-state index contributed by atoms with van der Waals surface area (Å²) in [6, 6.07) is 6.42. The molecule has 1 aliphatic rings. The van der Waals surface area contributed by atoms with Gasteiger partial charge in [0.2, 0.25) is 5.89 Å². The van der Waals surface area contributed by atoms with Gasteiger partial charge in [0, 0.05) is 19.5 Å². The van der Waals surface area contributed by atoms with Gasteiger partial charge >= 0.3 is 0 Å². The van der Waals surface area contributed by atoms with Crippen molar-refractivity contribution in [3.8, 4) is 5.75 Å². The Labute approximate surface area is 141 Å². The van der Waals surface area contributed by atoms with Crippen molar-refractivity contribution in [2.45, 2.75) is 33.2 Å². The van der Waals surface area contributed by atoms with Crippen LogP contribution >= 0.6 is 0 Å². The predicted molar refractivity (Wildman–Crippen MR) is 91.2 cm³/mol. The molecule has 2 aromatic rings. The lowest BCUT2D eigenvalue weighted by Gasteiger charge is -2.11. The molecule has 0 amide bonds. The molecule has 1 aromatic carbocycles. The summed E-state index contributed by atoms with van der Waals surface area (Å²) in [5.74, 6) is 2.91. The number of aliphatic imine (C=N–C) groups is 1. The topological polar surface area (TPSA) is 84.6 Å². The molecule has 0 atom stereocenters. The van der Waals surface area contributed by atoms with Gasteiger partial charge in [-0.25, -0.2) is 4.99 Å². The number of fused-ring (bicyclic) bond motifs is 1. The SMILES string of the molecule is CCNC(=NCc1nc(C)no1)NCCc1ccc2c(c1)CCO2. The first-order valence-electron chi connectivity index (χ1n) is 8.30. The fourth-order valence-corrected chi connectivity index (χ4v) is 2.61. The number of benzene rings is 1. The van der Waals surface area contributed by atoms with E-state index in [9.17, 15) is 0 Å². The second-order valence-corrected chi connectivity index (χ2v) is 5.65. The molecular weight excluding hydrogens is 306 g/mol. The molecule has 0 bridgehead atoms. The van der Waals surface area contributed by atoms with Crippen molar-refractivity contribution in [1.82, 2.24) is 20.8 Å². The van der Waals surface area contributed by atoms with E-state index in [4.69, 9.17) is 9.26 Å². The Kier molecular flexibility index (Phi) is 5.30. The summed E-state index contributed by atoms with van der Waals surface area (Å²) in [7, 11) is 0. The Morgan fingerprint density at radius 3 is 3.04 bits per heavy atom. The van der Waals surface area contributed by atoms with Crippen LogP contribution in [0, 0.1) is 6.92 Å². The largest absolute Gasteiger partial charge is 0.493 e. The van der Waals surface area contributed by atoms with Crippen LogP contribution in [0.3, 0.4) is 0 Å². The van der Waals surface area contributed by atoms with Crippen LogP contribution in [0.25, 0.3) is 0 Å². The van der Waals surface area contributed by atoms with Gasteiger partial charge in [-0.1, -0.05) is 17.3 Å². The third-order valence-electron chi connectivity index (χ3n) is 3.75. The van der Waals surface area contributed by atoms with Gasteiger partial charge in [-0.3, -0.25) is 0 Å². The number of rotatable bonds is 6. The number of hydrogen-bond donors (Lipinski definition) is 2. The third kappa shape index (κ3) is 4.24. The van der Waals surface area contributed by atoms with E-state index in [1.807, 2.05) is 6.92 Å². The zero-order valence-corrected chi connectivity index (χ0v) is 14.1. The zero-order chi connectivity index (χ0) is 16.8. The Morgan fingerprint density at radius 1 is 1.33 bits per heavy atom. The van der Waals surface area contributed by atoms with E-state index in [-0.39, 0.29) is 0 Å². The van der Waals surface area contributed by atoms with Gasteiger partial charge in [-0.05, 0) is 37.5 Å². The number of nitrogens with one attached hydrogen (secondary N) is 2. The molecule has 2 heterocycles. The average molecular weight is 329 g/mol. The molecule has 1 aliphatic heterocycles. The smallest absolute Gasteiger partial charge is 0.248 e. The minimum atomic E-state index is 0.367. The molecule has 128 valence electrons. The molecule has 0 saturated carbocycles. The number of hydrogen-bond acceptors (Lipinski definition) is 5. The van der Waals surface area contributed by atoms with Gasteiger partial charge in [0.25, 0.3) is 0 Å². The highest BCUT2D eigenvalue weighted by Crippen LogP contribution is 2.25. The minimum absolute atomic E-state index is 0.367. The van der Waals surface area contributed by atoms with Crippen molar-refractivity contribution in [3.63, 3.8) is 0 Å². The Bertz CT molecular complexity index is 711. The fourth-order valence-electron chi connectivity index (χ4n) is 2.61. The average Bonchev–Trinajstić information content (AvgIpc) is 3.20. The quantitative estimate of drug-likeness (QED) is 0.619. The predicted octanol–water partition coefficient (Wildman–Crippen LogP) is 1.61. The highest BCUT2D eigenvalue weighted by atomic mass is 16.5. The monoisotopic (exact) mass is 329 g/mol. The first-order valence-corrected chi connectivity index (χ1v) is 8.30. The van der Waals surface area contributed by atoms with Crippen LogP contribution in [0.1, 0.15) is 29.8 Å². The van der Waals surface area contributed by atoms with Crippen LogP contribution in [-0.4, -0.2) is 35.8 Å². The maximum atomic E-state index is 5.54. The summed E-state index contributed by atoms with van der Waals surface area (Å²) in [5.41, 5.74) is 2.61. The van der Waals surface area contributed by atoms with E-state index in [2.05, 4.69) is 44.0 Å². The molecule has 24 heavy (non-hydrogen) atoms. The normalized spacial score (nSPS) is 13.5. The van der Waals surface area contributed by atoms with Crippen molar-refractivity contribution in [2.75, 3.05) is 19.7 Å². The maximum Gasteiger partial charge on any atom is 0.248 e. The van der Waals surface area contributed by atoms with Crippen LogP contribution < -0.4 is 15.4 Å². The van der Waals surface area contributed by atoms with Gasteiger partial charge in [-0.2, -0.15) is 4.98 Å². The molecular formula is C17H23N5O2. The van der Waals surface area contributed by atoms with Gasteiger partial charge in [0.05, 0.1) is 6.61 Å². The standard InChI is InChI=1S/C17H23N5O2/c1-3-18-17(20-11-16-21-12(2)22-24-16)19-8-6-13-4-5-15-14(10-13)7-9-23-15/h4-5,10H,3,6-9,11H2,1-2H3,(H2,18,19,20). The molecule has 7 nitrogen and oxygen atoms in total. The number of guanidine groups is 1. The minimum Gasteiger partial charge on any atom is -0.493 e. The second-order valence-electron chi connectivity index (χ2n) is 5.65. The lowest BCUT2D eigenvalue weighted by Crippen LogP contribution is -2.38. The van der Waals surface area contributed by atoms with Crippen LogP contribution in [0.15, 0.2) is 27.7 Å². The highest BCUT2D eigenvalue weighted by Gasteiger charge is 2.11. The molecule has 2 N–H and O–H groups in total. The second kappa shape index (κ2) is 7.81. The Balaban J connectivity index is 1.52. The van der Waals surface area contributed by atoms with Crippen LogP contribution in [0.5, 0.6) is 5.75 Å². The molecule has 0 aliphatic carbocycles. The summed E-state index contributed by atoms with van der Waals surface area (Å²) < 4.78 is 10.6. The van der Waals surface area contributed by atoms with Crippen molar-refractivity contribution >= 4 is 5.96 Å². The number of ether oxygens (including phenoxy) is 1. The fraction of sp³-hybridized carbons (Fsp3) is 0.471. The van der Waals surface area contributed by atoms with Crippen molar-refractivity contribution < 1.29 is 9.26 Å². The third-order valence-corrected chi connectivity index (χ3v) is 3.75.